The summed E-state index contributed by atoms with van der Waals surface area (Å²) in [4.78, 5) is 11.1. The summed E-state index contributed by atoms with van der Waals surface area (Å²) in [6, 6.07) is 0.0741. The van der Waals surface area contributed by atoms with Gasteiger partial charge >= 0.3 is 0 Å². The van der Waals surface area contributed by atoms with Crippen LogP contribution in [0.2, 0.25) is 0 Å². The minimum atomic E-state index is 0.0741. The van der Waals surface area contributed by atoms with Crippen LogP contribution < -0.4 is 5.32 Å². The predicted molar refractivity (Wildman–Crippen MR) is 44.3 cm³/mol. The number of hydrogen-bond donors (Lipinski definition) is 1. The first-order valence-corrected chi connectivity index (χ1v) is 4.15. The van der Waals surface area contributed by atoms with Crippen molar-refractivity contribution in [2.45, 2.75) is 18.9 Å². The molecule has 64 valence electrons. The first kappa shape index (κ1) is 7.40. The highest BCUT2D eigenvalue weighted by Gasteiger charge is 2.21. The van der Waals surface area contributed by atoms with E-state index < -0.39 is 0 Å². The number of carbonyl (C=O) groups excluding carboxylic acids is 1. The van der Waals surface area contributed by atoms with Gasteiger partial charge < -0.3 is 10.1 Å². The predicted octanol–water partition coefficient (Wildman–Crippen LogP) is 0.735. The average Bonchev–Trinajstić information content (AvgIpc) is 2.25. The van der Waals surface area contributed by atoms with Crippen molar-refractivity contribution >= 4 is 5.91 Å². The van der Waals surface area contributed by atoms with Crippen LogP contribution >= 0.6 is 0 Å². The second-order valence-corrected chi connectivity index (χ2v) is 2.95. The molecule has 1 atom stereocenters. The molecule has 1 N–H and O–H groups in total. The fraction of sp³-hybridized carbons (Fsp3) is 0.444. The summed E-state index contributed by atoms with van der Waals surface area (Å²) in [7, 11) is 0. The molecule has 12 heavy (non-hydrogen) atoms. The van der Waals surface area contributed by atoms with E-state index in [2.05, 4.69) is 5.32 Å². The SMILES string of the molecule is O=C1CCOC2=CC=CCC2N1. The molecule has 2 rings (SSSR count). The van der Waals surface area contributed by atoms with Gasteiger partial charge in [0.05, 0.1) is 19.1 Å². The van der Waals surface area contributed by atoms with Crippen LogP contribution in [0, 0.1) is 0 Å². The number of hydrogen-bond acceptors (Lipinski definition) is 2. The fourth-order valence-corrected chi connectivity index (χ4v) is 1.42. The van der Waals surface area contributed by atoms with Gasteiger partial charge in [0, 0.05) is 0 Å². The Bertz CT molecular complexity index is 255. The maximum absolute atomic E-state index is 11.1. The van der Waals surface area contributed by atoms with Gasteiger partial charge in [-0.3, -0.25) is 4.79 Å². The van der Waals surface area contributed by atoms with Gasteiger partial charge in [-0.15, -0.1) is 0 Å². The van der Waals surface area contributed by atoms with Gasteiger partial charge in [-0.2, -0.15) is 0 Å². The lowest BCUT2D eigenvalue weighted by Crippen LogP contribution is -2.34. The fourth-order valence-electron chi connectivity index (χ4n) is 1.42. The monoisotopic (exact) mass is 165 g/mol. The topological polar surface area (TPSA) is 38.3 Å². The largest absolute Gasteiger partial charge is 0.495 e. The summed E-state index contributed by atoms with van der Waals surface area (Å²) in [6.45, 7) is 0.502. The molecule has 0 aromatic carbocycles. The van der Waals surface area contributed by atoms with Gasteiger partial charge in [0.25, 0.3) is 0 Å². The summed E-state index contributed by atoms with van der Waals surface area (Å²) in [5.74, 6) is 0.974. The molecule has 1 saturated heterocycles. The molecule has 0 aromatic heterocycles. The van der Waals surface area contributed by atoms with Crippen LogP contribution in [0.25, 0.3) is 0 Å². The molecule has 1 amide bonds. The van der Waals surface area contributed by atoms with Gasteiger partial charge in [0.2, 0.25) is 5.91 Å². The number of carbonyl (C=O) groups is 1. The lowest BCUT2D eigenvalue weighted by atomic mass is 10.1. The summed E-state index contributed by atoms with van der Waals surface area (Å²) < 4.78 is 5.40. The van der Waals surface area contributed by atoms with Crippen LogP contribution in [0.5, 0.6) is 0 Å². The van der Waals surface area contributed by atoms with Gasteiger partial charge in [0.15, 0.2) is 0 Å². The number of allylic oxidation sites excluding steroid dienone is 2. The maximum Gasteiger partial charge on any atom is 0.224 e. The third-order valence-corrected chi connectivity index (χ3v) is 2.04. The quantitative estimate of drug-likeness (QED) is 0.574. The third-order valence-electron chi connectivity index (χ3n) is 2.04. The first-order chi connectivity index (χ1) is 5.86. The van der Waals surface area contributed by atoms with E-state index in [1.807, 2.05) is 18.2 Å². The van der Waals surface area contributed by atoms with E-state index in [-0.39, 0.29) is 11.9 Å². The molecule has 3 heteroatoms. The van der Waals surface area contributed by atoms with Crippen molar-refractivity contribution in [2.75, 3.05) is 6.61 Å². The van der Waals surface area contributed by atoms with E-state index in [1.165, 1.54) is 0 Å². The molecule has 1 heterocycles. The normalized spacial score (nSPS) is 27.8. The third kappa shape index (κ3) is 1.35. The standard InChI is InChI=1S/C9H11NO2/c11-9-5-6-12-8-4-2-1-3-7(8)10-9/h1-2,4,7H,3,5-6H2,(H,10,11). The van der Waals surface area contributed by atoms with Crippen molar-refractivity contribution in [3.63, 3.8) is 0 Å². The Balaban J connectivity index is 2.16. The number of nitrogens with one attached hydrogen (secondary N) is 1. The molecule has 1 fully saturated rings. The summed E-state index contributed by atoms with van der Waals surface area (Å²) in [5, 5.41) is 2.90. The Hall–Kier alpha value is -1.25. The lowest BCUT2D eigenvalue weighted by molar-refractivity contribution is -0.121. The van der Waals surface area contributed by atoms with E-state index in [1.54, 1.807) is 0 Å². The Kier molecular flexibility index (Phi) is 1.86. The summed E-state index contributed by atoms with van der Waals surface area (Å²) >= 11 is 0. The van der Waals surface area contributed by atoms with E-state index >= 15 is 0 Å². The van der Waals surface area contributed by atoms with Crippen LogP contribution in [0.1, 0.15) is 12.8 Å². The zero-order valence-corrected chi connectivity index (χ0v) is 6.75. The Morgan fingerprint density at radius 2 is 2.50 bits per heavy atom. The molecule has 2 aliphatic rings. The van der Waals surface area contributed by atoms with Crippen LogP contribution in [0.3, 0.4) is 0 Å². The number of amides is 1. The number of rotatable bonds is 0. The van der Waals surface area contributed by atoms with Crippen molar-refractivity contribution in [2.24, 2.45) is 0 Å². The molecular weight excluding hydrogens is 154 g/mol. The van der Waals surface area contributed by atoms with E-state index in [0.717, 1.165) is 12.2 Å². The second-order valence-electron chi connectivity index (χ2n) is 2.95. The molecule has 0 bridgehead atoms. The van der Waals surface area contributed by atoms with Crippen molar-refractivity contribution in [1.82, 2.24) is 5.32 Å². The highest BCUT2D eigenvalue weighted by Crippen LogP contribution is 2.16. The van der Waals surface area contributed by atoms with E-state index in [9.17, 15) is 4.79 Å². The highest BCUT2D eigenvalue weighted by atomic mass is 16.5. The molecular formula is C9H11NO2. The van der Waals surface area contributed by atoms with Gasteiger partial charge in [-0.25, -0.2) is 0 Å². The van der Waals surface area contributed by atoms with Crippen LogP contribution in [0.4, 0.5) is 0 Å². The van der Waals surface area contributed by atoms with Crippen molar-refractivity contribution in [3.05, 3.63) is 24.0 Å². The molecule has 1 aliphatic carbocycles. The Labute approximate surface area is 71.1 Å². The van der Waals surface area contributed by atoms with Gasteiger partial charge in [-0.1, -0.05) is 12.2 Å². The van der Waals surface area contributed by atoms with Gasteiger partial charge in [0.1, 0.15) is 5.76 Å². The Morgan fingerprint density at radius 1 is 1.58 bits per heavy atom. The average molecular weight is 165 g/mol. The number of fused-ring (bicyclic) bond motifs is 1. The van der Waals surface area contributed by atoms with Crippen molar-refractivity contribution in [1.29, 1.82) is 0 Å². The molecule has 0 spiro atoms. The zero-order chi connectivity index (χ0) is 8.39. The zero-order valence-electron chi connectivity index (χ0n) is 6.75. The van der Waals surface area contributed by atoms with Crippen LogP contribution in [-0.4, -0.2) is 18.6 Å². The number of ether oxygens (including phenoxy) is 1. The minimum Gasteiger partial charge on any atom is -0.495 e. The minimum absolute atomic E-state index is 0.0741. The lowest BCUT2D eigenvalue weighted by Gasteiger charge is -2.18. The molecule has 0 aromatic rings. The summed E-state index contributed by atoms with van der Waals surface area (Å²) in [5.41, 5.74) is 0. The first-order valence-electron chi connectivity index (χ1n) is 4.15. The molecule has 1 unspecified atom stereocenters. The van der Waals surface area contributed by atoms with E-state index in [0.29, 0.717) is 13.0 Å². The maximum atomic E-state index is 11.1. The molecule has 1 aliphatic heterocycles. The highest BCUT2D eigenvalue weighted by molar-refractivity contribution is 5.77. The van der Waals surface area contributed by atoms with Crippen LogP contribution in [-0.2, 0) is 9.53 Å². The molecule has 3 nitrogen and oxygen atoms in total. The van der Waals surface area contributed by atoms with Crippen LogP contribution in [0.15, 0.2) is 24.0 Å². The van der Waals surface area contributed by atoms with Gasteiger partial charge in [-0.05, 0) is 12.5 Å². The van der Waals surface area contributed by atoms with Crippen molar-refractivity contribution in [3.8, 4) is 0 Å². The Morgan fingerprint density at radius 3 is 3.42 bits per heavy atom. The summed E-state index contributed by atoms with van der Waals surface area (Å²) in [6.07, 6.45) is 7.22. The smallest absolute Gasteiger partial charge is 0.224 e. The second kappa shape index (κ2) is 3.01. The molecule has 0 radical (unpaired) electrons. The van der Waals surface area contributed by atoms with E-state index in [4.69, 9.17) is 4.74 Å². The molecule has 0 saturated carbocycles. The van der Waals surface area contributed by atoms with Crippen molar-refractivity contribution < 1.29 is 9.53 Å².